The van der Waals surface area contributed by atoms with Crippen molar-refractivity contribution in [2.24, 2.45) is 12.8 Å². The second-order valence-corrected chi connectivity index (χ2v) is 4.23. The highest BCUT2D eigenvalue weighted by molar-refractivity contribution is 9.10. The molecule has 0 saturated heterocycles. The highest BCUT2D eigenvalue weighted by Gasteiger charge is 2.07. The van der Waals surface area contributed by atoms with Crippen LogP contribution in [-0.4, -0.2) is 9.78 Å². The smallest absolute Gasteiger partial charge is 0.135 e. The lowest BCUT2D eigenvalue weighted by atomic mass is 10.1. The fourth-order valence-corrected chi connectivity index (χ4v) is 2.09. The fourth-order valence-electron chi connectivity index (χ4n) is 1.51. The molecule has 2 rings (SSSR count). The Morgan fingerprint density at radius 3 is 2.86 bits per heavy atom. The highest BCUT2D eigenvalue weighted by Crippen LogP contribution is 2.25. The lowest BCUT2D eigenvalue weighted by Crippen LogP contribution is -2.04. The SMILES string of the molecule is CC(N)c1ccc2c(Br)nn(C)c2c1. The largest absolute Gasteiger partial charge is 0.324 e. The molecule has 0 saturated carbocycles. The van der Waals surface area contributed by atoms with Crippen molar-refractivity contribution in [2.45, 2.75) is 13.0 Å². The predicted octanol–water partition coefficient (Wildman–Crippen LogP) is 2.36. The van der Waals surface area contributed by atoms with Crippen molar-refractivity contribution in [3.8, 4) is 0 Å². The van der Waals surface area contributed by atoms with Crippen molar-refractivity contribution in [3.63, 3.8) is 0 Å². The van der Waals surface area contributed by atoms with Crippen molar-refractivity contribution < 1.29 is 0 Å². The minimum absolute atomic E-state index is 0.0630. The van der Waals surface area contributed by atoms with Gasteiger partial charge in [0.2, 0.25) is 0 Å². The van der Waals surface area contributed by atoms with Gasteiger partial charge in [-0.05, 0) is 40.5 Å². The standard InChI is InChI=1S/C10H12BrN3/c1-6(12)7-3-4-8-9(5-7)14(2)13-10(8)11/h3-6H,12H2,1-2H3. The molecule has 0 bridgehead atoms. The Bertz CT molecular complexity index is 473. The van der Waals surface area contributed by atoms with E-state index < -0.39 is 0 Å². The summed E-state index contributed by atoms with van der Waals surface area (Å²) in [5.74, 6) is 0. The van der Waals surface area contributed by atoms with Gasteiger partial charge in [0.05, 0.1) is 5.52 Å². The number of aryl methyl sites for hydroxylation is 1. The van der Waals surface area contributed by atoms with Gasteiger partial charge in [-0.3, -0.25) is 4.68 Å². The summed E-state index contributed by atoms with van der Waals surface area (Å²) in [5.41, 5.74) is 8.06. The summed E-state index contributed by atoms with van der Waals surface area (Å²) in [6.07, 6.45) is 0. The Labute approximate surface area is 91.0 Å². The molecule has 4 heteroatoms. The second kappa shape index (κ2) is 3.37. The summed E-state index contributed by atoms with van der Waals surface area (Å²) in [6, 6.07) is 6.23. The molecular weight excluding hydrogens is 242 g/mol. The summed E-state index contributed by atoms with van der Waals surface area (Å²) in [6.45, 7) is 1.98. The number of rotatable bonds is 1. The molecule has 1 heterocycles. The van der Waals surface area contributed by atoms with Crippen LogP contribution in [0.25, 0.3) is 10.9 Å². The second-order valence-electron chi connectivity index (χ2n) is 3.48. The lowest BCUT2D eigenvalue weighted by molar-refractivity contribution is 0.783. The Kier molecular flexibility index (Phi) is 2.33. The molecule has 0 aliphatic carbocycles. The number of nitrogens with two attached hydrogens (primary N) is 1. The van der Waals surface area contributed by atoms with Gasteiger partial charge in [-0.25, -0.2) is 0 Å². The number of fused-ring (bicyclic) bond motifs is 1. The summed E-state index contributed by atoms with van der Waals surface area (Å²) in [7, 11) is 1.93. The lowest BCUT2D eigenvalue weighted by Gasteiger charge is -2.05. The van der Waals surface area contributed by atoms with Crippen LogP contribution >= 0.6 is 15.9 Å². The maximum absolute atomic E-state index is 5.82. The molecule has 0 amide bonds. The first-order valence-corrected chi connectivity index (χ1v) is 5.26. The monoisotopic (exact) mass is 253 g/mol. The Hall–Kier alpha value is -0.870. The van der Waals surface area contributed by atoms with Gasteiger partial charge in [0.1, 0.15) is 4.60 Å². The van der Waals surface area contributed by atoms with Crippen molar-refractivity contribution in [1.82, 2.24) is 9.78 Å². The van der Waals surface area contributed by atoms with E-state index in [0.717, 1.165) is 21.1 Å². The van der Waals surface area contributed by atoms with Gasteiger partial charge in [0, 0.05) is 18.5 Å². The van der Waals surface area contributed by atoms with E-state index in [1.165, 1.54) is 0 Å². The van der Waals surface area contributed by atoms with Gasteiger partial charge in [0.25, 0.3) is 0 Å². The van der Waals surface area contributed by atoms with Crippen LogP contribution in [0.1, 0.15) is 18.5 Å². The predicted molar refractivity (Wildman–Crippen MR) is 61.0 cm³/mol. The number of aromatic nitrogens is 2. The maximum atomic E-state index is 5.82. The zero-order valence-corrected chi connectivity index (χ0v) is 9.75. The minimum Gasteiger partial charge on any atom is -0.324 e. The molecule has 0 aliphatic heterocycles. The van der Waals surface area contributed by atoms with Crippen LogP contribution in [-0.2, 0) is 7.05 Å². The maximum Gasteiger partial charge on any atom is 0.135 e. The highest BCUT2D eigenvalue weighted by atomic mass is 79.9. The van der Waals surface area contributed by atoms with Gasteiger partial charge in [0.15, 0.2) is 0 Å². The molecule has 1 aromatic carbocycles. The van der Waals surface area contributed by atoms with E-state index in [9.17, 15) is 0 Å². The summed E-state index contributed by atoms with van der Waals surface area (Å²) < 4.78 is 2.73. The first kappa shape index (κ1) is 9.68. The number of hydrogen-bond acceptors (Lipinski definition) is 2. The molecule has 1 unspecified atom stereocenters. The van der Waals surface area contributed by atoms with Crippen molar-refractivity contribution in [2.75, 3.05) is 0 Å². The van der Waals surface area contributed by atoms with E-state index in [4.69, 9.17) is 5.73 Å². The van der Waals surface area contributed by atoms with Crippen LogP contribution in [0, 0.1) is 0 Å². The third kappa shape index (κ3) is 1.44. The molecule has 0 spiro atoms. The first-order chi connectivity index (χ1) is 6.59. The van der Waals surface area contributed by atoms with Gasteiger partial charge in [-0.1, -0.05) is 6.07 Å². The number of benzene rings is 1. The Balaban J connectivity index is 2.71. The minimum atomic E-state index is 0.0630. The quantitative estimate of drug-likeness (QED) is 0.848. The van der Waals surface area contributed by atoms with Gasteiger partial charge < -0.3 is 5.73 Å². The van der Waals surface area contributed by atoms with Crippen LogP contribution in [0.3, 0.4) is 0 Å². The van der Waals surface area contributed by atoms with Crippen LogP contribution in [0.2, 0.25) is 0 Å². The molecule has 74 valence electrons. The average molecular weight is 254 g/mol. The van der Waals surface area contributed by atoms with E-state index in [2.05, 4.69) is 27.1 Å². The van der Waals surface area contributed by atoms with Crippen LogP contribution in [0.4, 0.5) is 0 Å². The zero-order chi connectivity index (χ0) is 10.3. The van der Waals surface area contributed by atoms with Crippen molar-refractivity contribution in [3.05, 3.63) is 28.4 Å². The number of hydrogen-bond donors (Lipinski definition) is 1. The molecule has 1 atom stereocenters. The van der Waals surface area contributed by atoms with Gasteiger partial charge >= 0.3 is 0 Å². The fraction of sp³-hybridized carbons (Fsp3) is 0.300. The normalized spacial score (nSPS) is 13.4. The molecular formula is C10H12BrN3. The summed E-state index contributed by atoms with van der Waals surface area (Å²) in [4.78, 5) is 0. The van der Waals surface area contributed by atoms with Gasteiger partial charge in [-0.2, -0.15) is 5.10 Å². The van der Waals surface area contributed by atoms with E-state index >= 15 is 0 Å². The Morgan fingerprint density at radius 1 is 1.50 bits per heavy atom. The molecule has 0 radical (unpaired) electrons. The van der Waals surface area contributed by atoms with Crippen LogP contribution in [0.5, 0.6) is 0 Å². The topological polar surface area (TPSA) is 43.8 Å². The van der Waals surface area contributed by atoms with Crippen molar-refractivity contribution in [1.29, 1.82) is 0 Å². The summed E-state index contributed by atoms with van der Waals surface area (Å²) in [5, 5.41) is 5.41. The molecule has 3 nitrogen and oxygen atoms in total. The molecule has 14 heavy (non-hydrogen) atoms. The number of halogens is 1. The zero-order valence-electron chi connectivity index (χ0n) is 8.16. The average Bonchev–Trinajstić information content (AvgIpc) is 2.42. The van der Waals surface area contributed by atoms with E-state index in [-0.39, 0.29) is 6.04 Å². The van der Waals surface area contributed by atoms with Crippen LogP contribution < -0.4 is 5.73 Å². The van der Waals surface area contributed by atoms with E-state index in [0.29, 0.717) is 0 Å². The molecule has 2 aromatic rings. The molecule has 0 fully saturated rings. The van der Waals surface area contributed by atoms with E-state index in [1.54, 1.807) is 0 Å². The third-order valence-corrected chi connectivity index (χ3v) is 2.94. The van der Waals surface area contributed by atoms with Gasteiger partial charge in [-0.15, -0.1) is 0 Å². The van der Waals surface area contributed by atoms with E-state index in [1.807, 2.05) is 30.8 Å². The Morgan fingerprint density at radius 2 is 2.21 bits per heavy atom. The third-order valence-electron chi connectivity index (χ3n) is 2.36. The van der Waals surface area contributed by atoms with Crippen LogP contribution in [0.15, 0.2) is 22.8 Å². The van der Waals surface area contributed by atoms with Crippen molar-refractivity contribution >= 4 is 26.8 Å². The molecule has 1 aromatic heterocycles. The first-order valence-electron chi connectivity index (χ1n) is 4.47. The molecule has 2 N–H and O–H groups in total. The molecule has 0 aliphatic rings. The summed E-state index contributed by atoms with van der Waals surface area (Å²) >= 11 is 3.42. The number of nitrogens with zero attached hydrogens (tertiary/aromatic N) is 2.